The minimum Gasteiger partial charge on any atom is -0.375 e. The molecule has 2 unspecified atom stereocenters. The second-order valence-corrected chi connectivity index (χ2v) is 7.84. The molecule has 1 saturated carbocycles. The van der Waals surface area contributed by atoms with Crippen molar-refractivity contribution in [3.05, 3.63) is 21.9 Å². The number of nitrogens with one attached hydrogen (secondary N) is 1. The Morgan fingerprint density at radius 1 is 1.43 bits per heavy atom. The van der Waals surface area contributed by atoms with Gasteiger partial charge in [-0.2, -0.15) is 0 Å². The molecular weight excluding hydrogens is 278 g/mol. The van der Waals surface area contributed by atoms with Crippen LogP contribution in [0.1, 0.15) is 68.4 Å². The van der Waals surface area contributed by atoms with Crippen LogP contribution >= 0.6 is 11.3 Å². The van der Waals surface area contributed by atoms with Crippen molar-refractivity contribution < 1.29 is 4.74 Å². The van der Waals surface area contributed by atoms with Gasteiger partial charge < -0.3 is 10.1 Å². The predicted octanol–water partition coefficient (Wildman–Crippen LogP) is 4.84. The van der Waals surface area contributed by atoms with E-state index in [1.54, 1.807) is 4.88 Å². The highest BCUT2D eigenvalue weighted by atomic mass is 32.1. The summed E-state index contributed by atoms with van der Waals surface area (Å²) in [4.78, 5) is 1.56. The number of ether oxygens (including phenoxy) is 1. The third-order valence-electron chi connectivity index (χ3n) is 5.32. The van der Waals surface area contributed by atoms with E-state index < -0.39 is 0 Å². The molecule has 1 aliphatic heterocycles. The first-order valence-electron chi connectivity index (χ1n) is 8.65. The van der Waals surface area contributed by atoms with Crippen LogP contribution in [0.3, 0.4) is 0 Å². The fourth-order valence-corrected chi connectivity index (χ4v) is 5.29. The van der Waals surface area contributed by atoms with E-state index in [-0.39, 0.29) is 5.60 Å². The molecule has 1 saturated heterocycles. The smallest absolute Gasteiger partial charge is 0.0686 e. The largest absolute Gasteiger partial charge is 0.375 e. The number of rotatable bonds is 5. The average molecular weight is 308 g/mol. The normalized spacial score (nSPS) is 26.3. The van der Waals surface area contributed by atoms with E-state index in [1.807, 2.05) is 11.3 Å². The van der Waals surface area contributed by atoms with Crippen LogP contribution in [0.5, 0.6) is 0 Å². The van der Waals surface area contributed by atoms with Gasteiger partial charge in [-0.3, -0.25) is 0 Å². The standard InChI is InChI=1S/C18H29NOS/c1-3-10-19-16(17-14(2)7-12-21-17)15-6-11-20-18(13-15)8-4-5-9-18/h7,12,15-16,19H,3-6,8-11,13H2,1-2H3. The monoisotopic (exact) mass is 307 g/mol. The summed E-state index contributed by atoms with van der Waals surface area (Å²) in [5, 5.41) is 6.09. The van der Waals surface area contributed by atoms with Crippen molar-refractivity contribution in [3.63, 3.8) is 0 Å². The maximum atomic E-state index is 6.23. The van der Waals surface area contributed by atoms with E-state index in [1.165, 1.54) is 50.5 Å². The lowest BCUT2D eigenvalue weighted by atomic mass is 9.79. The molecule has 0 bridgehead atoms. The van der Waals surface area contributed by atoms with Crippen molar-refractivity contribution in [2.45, 2.75) is 70.4 Å². The molecule has 1 aliphatic carbocycles. The zero-order valence-electron chi connectivity index (χ0n) is 13.5. The summed E-state index contributed by atoms with van der Waals surface area (Å²) in [6, 6.07) is 2.80. The van der Waals surface area contributed by atoms with Gasteiger partial charge in [0.25, 0.3) is 0 Å². The third kappa shape index (κ3) is 3.35. The van der Waals surface area contributed by atoms with E-state index in [2.05, 4.69) is 30.6 Å². The highest BCUT2D eigenvalue weighted by Crippen LogP contribution is 2.46. The molecule has 2 atom stereocenters. The molecule has 1 aromatic rings. The summed E-state index contributed by atoms with van der Waals surface area (Å²) >= 11 is 1.93. The molecule has 3 heteroatoms. The summed E-state index contributed by atoms with van der Waals surface area (Å²) in [5.74, 6) is 0.737. The van der Waals surface area contributed by atoms with Crippen LogP contribution in [0.25, 0.3) is 0 Å². The fourth-order valence-electron chi connectivity index (χ4n) is 4.19. The molecule has 118 valence electrons. The summed E-state index contributed by atoms with van der Waals surface area (Å²) in [7, 11) is 0. The van der Waals surface area contributed by atoms with E-state index in [4.69, 9.17) is 4.74 Å². The fraction of sp³-hybridized carbons (Fsp3) is 0.778. The van der Waals surface area contributed by atoms with Crippen LogP contribution in [0.2, 0.25) is 0 Å². The first-order valence-corrected chi connectivity index (χ1v) is 9.53. The highest BCUT2D eigenvalue weighted by Gasteiger charge is 2.42. The van der Waals surface area contributed by atoms with Gasteiger partial charge in [0.15, 0.2) is 0 Å². The second-order valence-electron chi connectivity index (χ2n) is 6.89. The highest BCUT2D eigenvalue weighted by molar-refractivity contribution is 7.10. The van der Waals surface area contributed by atoms with E-state index in [9.17, 15) is 0 Å². The van der Waals surface area contributed by atoms with Gasteiger partial charge in [-0.25, -0.2) is 0 Å². The number of hydrogen-bond donors (Lipinski definition) is 1. The van der Waals surface area contributed by atoms with Gasteiger partial charge in [0.2, 0.25) is 0 Å². The molecule has 2 nitrogen and oxygen atoms in total. The minimum atomic E-state index is 0.222. The summed E-state index contributed by atoms with van der Waals surface area (Å²) in [5.41, 5.74) is 1.68. The zero-order valence-corrected chi connectivity index (χ0v) is 14.3. The molecule has 21 heavy (non-hydrogen) atoms. The van der Waals surface area contributed by atoms with Crippen molar-refractivity contribution in [1.82, 2.24) is 5.32 Å². The number of aryl methyl sites for hydroxylation is 1. The first kappa shape index (κ1) is 15.5. The summed E-state index contributed by atoms with van der Waals surface area (Å²) in [6.07, 6.45) is 8.96. The molecular formula is C18H29NOS. The van der Waals surface area contributed by atoms with Gasteiger partial charge in [-0.1, -0.05) is 19.8 Å². The molecule has 2 heterocycles. The summed E-state index contributed by atoms with van der Waals surface area (Å²) < 4.78 is 6.23. The topological polar surface area (TPSA) is 21.3 Å². The predicted molar refractivity (Wildman–Crippen MR) is 90.0 cm³/mol. The Labute approximate surface area is 133 Å². The van der Waals surface area contributed by atoms with Crippen LogP contribution in [0.15, 0.2) is 11.4 Å². The van der Waals surface area contributed by atoms with E-state index in [0.717, 1.165) is 19.1 Å². The van der Waals surface area contributed by atoms with Gasteiger partial charge in [0, 0.05) is 17.5 Å². The van der Waals surface area contributed by atoms with Crippen molar-refractivity contribution in [3.8, 4) is 0 Å². The molecule has 3 rings (SSSR count). The lowest BCUT2D eigenvalue weighted by Crippen LogP contribution is -2.42. The minimum absolute atomic E-state index is 0.222. The van der Waals surface area contributed by atoms with Crippen molar-refractivity contribution in [2.24, 2.45) is 5.92 Å². The van der Waals surface area contributed by atoms with Crippen LogP contribution in [-0.4, -0.2) is 18.8 Å². The third-order valence-corrected chi connectivity index (χ3v) is 6.42. The molecule has 2 fully saturated rings. The second kappa shape index (κ2) is 6.80. The van der Waals surface area contributed by atoms with Crippen LogP contribution in [0, 0.1) is 12.8 Å². The average Bonchev–Trinajstić information content (AvgIpc) is 3.10. The van der Waals surface area contributed by atoms with Crippen LogP contribution in [0.4, 0.5) is 0 Å². The van der Waals surface area contributed by atoms with Crippen molar-refractivity contribution in [2.75, 3.05) is 13.2 Å². The van der Waals surface area contributed by atoms with Crippen LogP contribution < -0.4 is 5.32 Å². The van der Waals surface area contributed by atoms with E-state index in [0.29, 0.717) is 6.04 Å². The summed E-state index contributed by atoms with van der Waals surface area (Å²) in [6.45, 7) is 6.59. The SMILES string of the molecule is CCCNC(c1sccc1C)C1CCOC2(CCCC2)C1. The lowest BCUT2D eigenvalue weighted by molar-refractivity contribution is -0.0980. The lowest BCUT2D eigenvalue weighted by Gasteiger charge is -2.41. The first-order chi connectivity index (χ1) is 10.2. The molecule has 2 aliphatic rings. The maximum Gasteiger partial charge on any atom is 0.0686 e. The van der Waals surface area contributed by atoms with Gasteiger partial charge in [0.1, 0.15) is 0 Å². The van der Waals surface area contributed by atoms with E-state index >= 15 is 0 Å². The Kier molecular flexibility index (Phi) is 5.03. The molecule has 0 aromatic carbocycles. The Balaban J connectivity index is 1.77. The van der Waals surface area contributed by atoms with Gasteiger partial charge in [0.05, 0.1) is 5.60 Å². The molecule has 0 amide bonds. The maximum absolute atomic E-state index is 6.23. The Bertz CT molecular complexity index is 450. The molecule has 1 spiro atoms. The number of hydrogen-bond acceptors (Lipinski definition) is 3. The molecule has 1 aromatic heterocycles. The van der Waals surface area contributed by atoms with Gasteiger partial charge >= 0.3 is 0 Å². The van der Waals surface area contributed by atoms with Gasteiger partial charge in [-0.15, -0.1) is 11.3 Å². The Morgan fingerprint density at radius 3 is 2.90 bits per heavy atom. The quantitative estimate of drug-likeness (QED) is 0.840. The zero-order chi connectivity index (χ0) is 14.7. The molecule has 0 radical (unpaired) electrons. The van der Waals surface area contributed by atoms with Crippen LogP contribution in [-0.2, 0) is 4.74 Å². The molecule has 1 N–H and O–H groups in total. The van der Waals surface area contributed by atoms with Gasteiger partial charge in [-0.05, 0) is 68.5 Å². The number of thiophene rings is 1. The Morgan fingerprint density at radius 2 is 2.24 bits per heavy atom. The van der Waals surface area contributed by atoms with Crippen molar-refractivity contribution >= 4 is 11.3 Å². The Hall–Kier alpha value is -0.380. The van der Waals surface area contributed by atoms with Crippen molar-refractivity contribution in [1.29, 1.82) is 0 Å².